The molecule has 0 aliphatic heterocycles. The van der Waals surface area contributed by atoms with Crippen LogP contribution in [0.5, 0.6) is 0 Å². The van der Waals surface area contributed by atoms with E-state index in [9.17, 15) is 13.2 Å². The second-order valence-corrected chi connectivity index (χ2v) is 4.94. The lowest BCUT2D eigenvalue weighted by Crippen LogP contribution is -2.56. The zero-order valence-corrected chi connectivity index (χ0v) is 10.2. The van der Waals surface area contributed by atoms with Crippen molar-refractivity contribution >= 4 is 16.1 Å². The third kappa shape index (κ3) is 2.67. The molecule has 0 aromatic heterocycles. The van der Waals surface area contributed by atoms with Crippen LogP contribution in [0, 0.1) is 0 Å². The summed E-state index contributed by atoms with van der Waals surface area (Å²) in [6.07, 6.45) is 0. The minimum Gasteiger partial charge on any atom is -0.464 e. The Morgan fingerprint density at radius 2 is 1.93 bits per heavy atom. The number of ether oxygens (including phenoxy) is 1. The van der Waals surface area contributed by atoms with Crippen molar-refractivity contribution in [3.05, 3.63) is 0 Å². The lowest BCUT2D eigenvalue weighted by atomic mass is 10.3. The maximum absolute atomic E-state index is 11.5. The number of carbonyl (C=O) groups is 1. The van der Waals surface area contributed by atoms with Crippen LogP contribution in [0.25, 0.3) is 0 Å². The van der Waals surface area contributed by atoms with Gasteiger partial charge in [-0.3, -0.25) is 9.45 Å². The highest BCUT2D eigenvalue weighted by Gasteiger charge is 2.50. The molecule has 0 saturated carbocycles. The summed E-state index contributed by atoms with van der Waals surface area (Å²) in [4.78, 5) is 10.7. The zero-order chi connectivity index (χ0) is 12.3. The fourth-order valence-corrected chi connectivity index (χ4v) is 1.82. The monoisotopic (exact) mass is 239 g/mol. The normalized spacial score (nSPS) is 16.1. The summed E-state index contributed by atoms with van der Waals surface area (Å²) in [6.45, 7) is 4.69. The molecular weight excluding hydrogens is 222 g/mol. The van der Waals surface area contributed by atoms with Crippen LogP contribution in [0.2, 0.25) is 0 Å². The number of esters is 1. The summed E-state index contributed by atoms with van der Waals surface area (Å²) in [7, 11) is -3.12. The molecule has 0 aliphatic rings. The summed E-state index contributed by atoms with van der Waals surface area (Å²) in [5, 5.41) is 0. The number of nitrogens with zero attached hydrogens (tertiary/aromatic N) is 1. The van der Waals surface area contributed by atoms with Crippen LogP contribution >= 0.6 is 0 Å². The zero-order valence-electron chi connectivity index (χ0n) is 9.35. The van der Waals surface area contributed by atoms with Gasteiger partial charge in [0.05, 0.1) is 6.61 Å². The molecule has 0 fully saturated rings. The first kappa shape index (κ1) is 14.3. The molecule has 0 aliphatic carbocycles. The van der Waals surface area contributed by atoms with Gasteiger partial charge in [-0.05, 0) is 27.4 Å². The van der Waals surface area contributed by atoms with Gasteiger partial charge >= 0.3 is 5.97 Å². The highest BCUT2D eigenvalue weighted by molar-refractivity contribution is 7.88. The number of carbonyl (C=O) groups excluding carboxylic acids is 1. The van der Waals surface area contributed by atoms with Gasteiger partial charge in [0, 0.05) is 0 Å². The third-order valence-corrected chi connectivity index (χ3v) is 3.84. The first-order valence-electron chi connectivity index (χ1n) is 4.57. The van der Waals surface area contributed by atoms with Crippen molar-refractivity contribution < 1.29 is 22.5 Å². The van der Waals surface area contributed by atoms with Crippen molar-refractivity contribution in [2.75, 3.05) is 20.2 Å². The lowest BCUT2D eigenvalue weighted by molar-refractivity contribution is -0.150. The Bertz CT molecular complexity index is 326. The molecule has 0 aromatic rings. The van der Waals surface area contributed by atoms with Crippen molar-refractivity contribution in [1.82, 2.24) is 4.90 Å². The standard InChI is InChI=1S/C8H17NO5S/c1-5-9(4)8(3,15(11,12)13)7(10)14-6-2/h5-6H2,1-4H3,(H,11,12,13). The van der Waals surface area contributed by atoms with Gasteiger partial charge in [-0.15, -0.1) is 0 Å². The fourth-order valence-electron chi connectivity index (χ4n) is 1.02. The Balaban J connectivity index is 5.32. The average Bonchev–Trinajstić information content (AvgIpc) is 2.13. The molecule has 90 valence electrons. The Hall–Kier alpha value is -0.660. The maximum Gasteiger partial charge on any atom is 0.344 e. The molecule has 1 unspecified atom stereocenters. The van der Waals surface area contributed by atoms with Gasteiger partial charge in [-0.1, -0.05) is 6.92 Å². The molecule has 0 rings (SSSR count). The molecule has 0 spiro atoms. The Morgan fingerprint density at radius 1 is 1.47 bits per heavy atom. The van der Waals surface area contributed by atoms with Gasteiger partial charge in [-0.25, -0.2) is 4.79 Å². The van der Waals surface area contributed by atoms with Crippen molar-refractivity contribution in [2.24, 2.45) is 0 Å². The van der Waals surface area contributed by atoms with E-state index in [1.54, 1.807) is 13.8 Å². The van der Waals surface area contributed by atoms with E-state index in [-0.39, 0.29) is 13.2 Å². The summed E-state index contributed by atoms with van der Waals surface area (Å²) in [5.74, 6) is -0.975. The molecule has 0 aromatic carbocycles. The number of likely N-dealkylation sites (N-methyl/N-ethyl adjacent to an activating group) is 1. The van der Waals surface area contributed by atoms with E-state index in [1.165, 1.54) is 11.9 Å². The maximum atomic E-state index is 11.5. The first-order chi connectivity index (χ1) is 6.71. The molecule has 0 bridgehead atoms. The van der Waals surface area contributed by atoms with Crippen LogP contribution < -0.4 is 0 Å². The second kappa shape index (κ2) is 4.91. The van der Waals surface area contributed by atoms with Crippen molar-refractivity contribution in [3.8, 4) is 0 Å². The quantitative estimate of drug-likeness (QED) is 0.541. The summed E-state index contributed by atoms with van der Waals surface area (Å²) >= 11 is 0. The number of hydrogen-bond acceptors (Lipinski definition) is 5. The van der Waals surface area contributed by atoms with E-state index in [1.807, 2.05) is 0 Å². The van der Waals surface area contributed by atoms with Crippen LogP contribution in [0.3, 0.4) is 0 Å². The minimum atomic E-state index is -4.55. The highest BCUT2D eigenvalue weighted by atomic mass is 32.2. The topological polar surface area (TPSA) is 83.9 Å². The molecule has 6 nitrogen and oxygen atoms in total. The number of rotatable bonds is 5. The molecule has 1 N–H and O–H groups in total. The van der Waals surface area contributed by atoms with Gasteiger partial charge < -0.3 is 4.74 Å². The van der Waals surface area contributed by atoms with Crippen LogP contribution in [0.15, 0.2) is 0 Å². The predicted octanol–water partition coefficient (Wildman–Crippen LogP) is 0.105. The van der Waals surface area contributed by atoms with Crippen molar-refractivity contribution in [3.63, 3.8) is 0 Å². The fraction of sp³-hybridized carbons (Fsp3) is 0.875. The van der Waals surface area contributed by atoms with Gasteiger partial charge in [0.25, 0.3) is 10.1 Å². The average molecular weight is 239 g/mol. The third-order valence-electron chi connectivity index (χ3n) is 2.36. The highest BCUT2D eigenvalue weighted by Crippen LogP contribution is 2.21. The van der Waals surface area contributed by atoms with E-state index >= 15 is 0 Å². The predicted molar refractivity (Wildman–Crippen MR) is 54.9 cm³/mol. The molecule has 0 radical (unpaired) electrons. The van der Waals surface area contributed by atoms with Crippen LogP contribution in [-0.2, 0) is 19.6 Å². The molecule has 0 amide bonds. The molecule has 0 heterocycles. The number of hydrogen-bond donors (Lipinski definition) is 1. The Kier molecular flexibility index (Phi) is 4.69. The van der Waals surface area contributed by atoms with Crippen molar-refractivity contribution in [2.45, 2.75) is 25.6 Å². The van der Waals surface area contributed by atoms with Gasteiger partial charge in [0.15, 0.2) is 0 Å². The Labute approximate surface area is 90.0 Å². The van der Waals surface area contributed by atoms with Crippen LogP contribution in [0.1, 0.15) is 20.8 Å². The molecule has 7 heteroatoms. The van der Waals surface area contributed by atoms with E-state index in [0.717, 1.165) is 6.92 Å². The van der Waals surface area contributed by atoms with Crippen molar-refractivity contribution in [1.29, 1.82) is 0 Å². The van der Waals surface area contributed by atoms with Gasteiger partial charge in [0.1, 0.15) is 0 Å². The molecule has 15 heavy (non-hydrogen) atoms. The van der Waals surface area contributed by atoms with Crippen LogP contribution in [-0.4, -0.2) is 48.9 Å². The summed E-state index contributed by atoms with van der Waals surface area (Å²) in [5.41, 5.74) is 0. The second-order valence-electron chi connectivity index (χ2n) is 3.19. The summed E-state index contributed by atoms with van der Waals surface area (Å²) < 4.78 is 36.1. The lowest BCUT2D eigenvalue weighted by Gasteiger charge is -2.32. The molecule has 0 saturated heterocycles. The van der Waals surface area contributed by atoms with Gasteiger partial charge in [-0.2, -0.15) is 8.42 Å². The SMILES string of the molecule is CCOC(=O)C(C)(N(C)CC)S(=O)(=O)O. The van der Waals surface area contributed by atoms with E-state index < -0.39 is 21.0 Å². The van der Waals surface area contributed by atoms with E-state index in [2.05, 4.69) is 4.74 Å². The largest absolute Gasteiger partial charge is 0.464 e. The smallest absolute Gasteiger partial charge is 0.344 e. The Morgan fingerprint density at radius 3 is 2.20 bits per heavy atom. The molecular formula is C8H17NO5S. The van der Waals surface area contributed by atoms with E-state index in [0.29, 0.717) is 0 Å². The first-order valence-corrected chi connectivity index (χ1v) is 6.01. The van der Waals surface area contributed by atoms with Gasteiger partial charge in [0.2, 0.25) is 4.87 Å². The van der Waals surface area contributed by atoms with E-state index in [4.69, 9.17) is 4.55 Å². The molecule has 1 atom stereocenters. The minimum absolute atomic E-state index is 0.0570. The summed E-state index contributed by atoms with van der Waals surface area (Å²) in [6, 6.07) is 0. The van der Waals surface area contributed by atoms with Crippen LogP contribution in [0.4, 0.5) is 0 Å².